The minimum atomic E-state index is -2.49. The highest BCUT2D eigenvalue weighted by Gasteiger charge is 2.49. The number of fused-ring (bicyclic) bond motifs is 7. The van der Waals surface area contributed by atoms with Crippen LogP contribution in [0.1, 0.15) is 5.56 Å². The lowest BCUT2D eigenvalue weighted by Crippen LogP contribution is -2.72. The van der Waals surface area contributed by atoms with E-state index >= 15 is 0 Å². The highest BCUT2D eigenvalue weighted by atomic mass is 28.3. The van der Waals surface area contributed by atoms with Crippen LogP contribution in [0.2, 0.25) is 0 Å². The van der Waals surface area contributed by atoms with Gasteiger partial charge < -0.3 is 0 Å². The van der Waals surface area contributed by atoms with Crippen LogP contribution in [0.5, 0.6) is 0 Å². The molecule has 0 amide bonds. The van der Waals surface area contributed by atoms with Crippen molar-refractivity contribution in [3.05, 3.63) is 133 Å². The number of benzene rings is 6. The van der Waals surface area contributed by atoms with Crippen LogP contribution < -0.4 is 20.7 Å². The van der Waals surface area contributed by atoms with Crippen molar-refractivity contribution < 1.29 is 0 Å². The van der Waals surface area contributed by atoms with Gasteiger partial charge in [-0.05, 0) is 65.9 Å². The smallest absolute Gasteiger partial charge is 0.0623 e. The van der Waals surface area contributed by atoms with Crippen molar-refractivity contribution in [2.45, 2.75) is 6.92 Å². The second-order valence-electron chi connectivity index (χ2n) is 9.35. The number of aryl methyl sites for hydroxylation is 1. The summed E-state index contributed by atoms with van der Waals surface area (Å²) in [5.41, 5.74) is 4.23. The molecule has 0 unspecified atom stereocenters. The third-order valence-electron chi connectivity index (χ3n) is 7.65. The van der Waals surface area contributed by atoms with Crippen molar-refractivity contribution in [1.82, 2.24) is 0 Å². The molecule has 0 aliphatic carbocycles. The number of hydrogen-bond donors (Lipinski definition) is 0. The van der Waals surface area contributed by atoms with Gasteiger partial charge in [-0.15, -0.1) is 0 Å². The summed E-state index contributed by atoms with van der Waals surface area (Å²) in [7, 11) is -2.49. The fourth-order valence-corrected chi connectivity index (χ4v) is 11.6. The monoisotopic (exact) mass is 448 g/mol. The lowest BCUT2D eigenvalue weighted by molar-refractivity contribution is 1.55. The van der Waals surface area contributed by atoms with E-state index in [2.05, 4.69) is 134 Å². The first kappa shape index (κ1) is 19.5. The summed E-state index contributed by atoms with van der Waals surface area (Å²) in [5, 5.41) is 11.3. The third-order valence-corrected chi connectivity index (χ3v) is 12.5. The van der Waals surface area contributed by atoms with E-state index in [1.807, 2.05) is 0 Å². The summed E-state index contributed by atoms with van der Waals surface area (Å²) in [6, 6.07) is 47.7. The summed E-state index contributed by atoms with van der Waals surface area (Å²) in [6.45, 7) is 2.28. The van der Waals surface area contributed by atoms with Crippen molar-refractivity contribution in [1.29, 1.82) is 0 Å². The van der Waals surface area contributed by atoms with E-state index in [-0.39, 0.29) is 0 Å². The van der Waals surface area contributed by atoms with Crippen LogP contribution in [-0.4, -0.2) is 8.07 Å². The van der Waals surface area contributed by atoms with E-state index in [1.54, 1.807) is 0 Å². The second-order valence-corrected chi connectivity index (χ2v) is 13.1. The minimum absolute atomic E-state index is 1.31. The van der Waals surface area contributed by atoms with E-state index in [4.69, 9.17) is 0 Å². The summed E-state index contributed by atoms with van der Waals surface area (Å²) in [5.74, 6) is 0. The molecule has 0 saturated heterocycles. The zero-order valence-corrected chi connectivity index (χ0v) is 20.1. The van der Waals surface area contributed by atoms with Gasteiger partial charge in [0.25, 0.3) is 0 Å². The van der Waals surface area contributed by atoms with Crippen molar-refractivity contribution in [2.75, 3.05) is 0 Å². The van der Waals surface area contributed by atoms with E-state index in [0.29, 0.717) is 0 Å². The molecular weight excluding hydrogens is 424 g/mol. The molecule has 0 spiro atoms. The minimum Gasteiger partial charge on any atom is -0.0623 e. The van der Waals surface area contributed by atoms with Gasteiger partial charge in [-0.1, -0.05) is 127 Å². The van der Waals surface area contributed by atoms with Crippen molar-refractivity contribution in [3.8, 4) is 11.1 Å². The molecule has 34 heavy (non-hydrogen) atoms. The van der Waals surface area contributed by atoms with Gasteiger partial charge >= 0.3 is 0 Å². The molecule has 1 aliphatic rings. The Kier molecular flexibility index (Phi) is 4.18. The first-order chi connectivity index (χ1) is 16.8. The molecule has 160 valence electrons. The van der Waals surface area contributed by atoms with Crippen LogP contribution >= 0.6 is 0 Å². The first-order valence-corrected chi connectivity index (χ1v) is 14.0. The Morgan fingerprint density at radius 1 is 0.441 bits per heavy atom. The molecule has 0 bridgehead atoms. The molecule has 0 aromatic heterocycles. The molecule has 0 N–H and O–H groups in total. The highest BCUT2D eigenvalue weighted by Crippen LogP contribution is 2.39. The van der Waals surface area contributed by atoms with E-state index in [0.717, 1.165) is 0 Å². The molecule has 0 atom stereocenters. The molecule has 1 heterocycles. The maximum absolute atomic E-state index is 2.51. The van der Waals surface area contributed by atoms with Gasteiger partial charge in [0.1, 0.15) is 0 Å². The molecule has 1 aliphatic heterocycles. The molecule has 6 aromatic carbocycles. The van der Waals surface area contributed by atoms with E-state index in [1.165, 1.54) is 59.0 Å². The molecule has 0 fully saturated rings. The Morgan fingerprint density at radius 3 is 1.65 bits per heavy atom. The third kappa shape index (κ3) is 2.48. The van der Waals surface area contributed by atoms with Gasteiger partial charge in [-0.25, -0.2) is 0 Å². The summed E-state index contributed by atoms with van der Waals surface area (Å²) >= 11 is 0. The van der Waals surface area contributed by atoms with E-state index in [9.17, 15) is 0 Å². The van der Waals surface area contributed by atoms with E-state index < -0.39 is 8.07 Å². The largest absolute Gasteiger partial charge is 0.180 e. The zero-order chi connectivity index (χ0) is 22.7. The van der Waals surface area contributed by atoms with Crippen LogP contribution in [0.25, 0.3) is 32.7 Å². The maximum Gasteiger partial charge on any atom is 0.180 e. The Hall–Kier alpha value is -3.94. The van der Waals surface area contributed by atoms with Crippen LogP contribution in [0.3, 0.4) is 0 Å². The summed E-state index contributed by atoms with van der Waals surface area (Å²) in [4.78, 5) is 0. The maximum atomic E-state index is 2.51. The highest BCUT2D eigenvalue weighted by molar-refractivity contribution is 7.22. The summed E-state index contributed by atoms with van der Waals surface area (Å²) in [6.07, 6.45) is 0. The molecular formula is C33H24Si. The van der Waals surface area contributed by atoms with Gasteiger partial charge in [0, 0.05) is 0 Å². The van der Waals surface area contributed by atoms with Gasteiger partial charge in [0.15, 0.2) is 8.07 Å². The predicted octanol–water partition coefficient (Wildman–Crippen LogP) is 5.66. The number of rotatable bonds is 2. The fourth-order valence-electron chi connectivity index (χ4n) is 6.29. The van der Waals surface area contributed by atoms with Gasteiger partial charge in [-0.3, -0.25) is 0 Å². The first-order valence-electron chi connectivity index (χ1n) is 12.0. The van der Waals surface area contributed by atoms with Gasteiger partial charge in [0.05, 0.1) is 0 Å². The second kappa shape index (κ2) is 7.28. The zero-order valence-electron chi connectivity index (χ0n) is 19.1. The van der Waals surface area contributed by atoms with Crippen LogP contribution in [-0.2, 0) is 0 Å². The molecule has 6 aromatic rings. The average molecular weight is 449 g/mol. The Bertz CT molecular complexity index is 1660. The summed E-state index contributed by atoms with van der Waals surface area (Å²) < 4.78 is 0. The Labute approximate surface area is 201 Å². The van der Waals surface area contributed by atoms with Crippen molar-refractivity contribution in [2.24, 2.45) is 0 Å². The van der Waals surface area contributed by atoms with Crippen molar-refractivity contribution >= 4 is 50.4 Å². The lowest BCUT2D eigenvalue weighted by atomic mass is 9.92. The van der Waals surface area contributed by atoms with Gasteiger partial charge in [0.2, 0.25) is 0 Å². The standard InChI is InChI=1S/C33H24Si/c1-23-22-31-33(29-19-11-10-17-27(23)29)32-28-18-9-8-12-24(28)20-21-30(32)34(31,25-13-4-2-5-14-25)26-15-6-3-7-16-26/h2-22H,1H3. The normalized spacial score (nSPS) is 13.7. The van der Waals surface area contributed by atoms with Crippen molar-refractivity contribution in [3.63, 3.8) is 0 Å². The van der Waals surface area contributed by atoms with Crippen LogP contribution in [0, 0.1) is 6.92 Å². The average Bonchev–Trinajstić information content (AvgIpc) is 3.21. The molecule has 1 heteroatoms. The number of hydrogen-bond acceptors (Lipinski definition) is 0. The Morgan fingerprint density at radius 2 is 0.971 bits per heavy atom. The topological polar surface area (TPSA) is 0 Å². The molecule has 0 nitrogen and oxygen atoms in total. The van der Waals surface area contributed by atoms with Crippen LogP contribution in [0.4, 0.5) is 0 Å². The predicted molar refractivity (Wildman–Crippen MR) is 149 cm³/mol. The fraction of sp³-hybridized carbons (Fsp3) is 0.0303. The van der Waals surface area contributed by atoms with Gasteiger partial charge in [-0.2, -0.15) is 0 Å². The lowest BCUT2D eigenvalue weighted by Gasteiger charge is -2.31. The SMILES string of the molecule is Cc1cc2c(c3ccccc13)-c1c(ccc3ccccc13)[Si]2(c1ccccc1)c1ccccc1. The molecule has 0 saturated carbocycles. The quantitative estimate of drug-likeness (QED) is 0.299. The van der Waals surface area contributed by atoms with Crippen LogP contribution in [0.15, 0.2) is 127 Å². The Balaban J connectivity index is 1.78. The molecule has 0 radical (unpaired) electrons. The molecule has 7 rings (SSSR count).